The summed E-state index contributed by atoms with van der Waals surface area (Å²) in [6, 6.07) is 22.6. The van der Waals surface area contributed by atoms with Crippen LogP contribution in [0.15, 0.2) is 84.9 Å². The van der Waals surface area contributed by atoms with E-state index in [9.17, 15) is 19.2 Å². The zero-order chi connectivity index (χ0) is 24.0. The van der Waals surface area contributed by atoms with Crippen LogP contribution in [-0.2, 0) is 0 Å². The Labute approximate surface area is 194 Å². The number of benzene rings is 4. The van der Waals surface area contributed by atoms with Crippen molar-refractivity contribution in [3.63, 3.8) is 0 Å². The van der Waals surface area contributed by atoms with Crippen LogP contribution < -0.4 is 11.5 Å². The molecule has 4 aromatic rings. The molecule has 0 aliphatic heterocycles. The standard InChI is InChI=1S/C28H18N2O4/c29-20-13-7-12-17-21(20)28(34)19-14-18(25(31)15-8-3-1-4-9-15)22(24(30)23(19)27(17)33)26(32)16-10-5-2-6-11-16/h1-14H,29-30H2. The second kappa shape index (κ2) is 7.94. The first kappa shape index (κ1) is 21.0. The molecule has 0 unspecified atom stereocenters. The molecule has 1 aliphatic rings. The zero-order valence-corrected chi connectivity index (χ0v) is 17.9. The van der Waals surface area contributed by atoms with Gasteiger partial charge < -0.3 is 11.5 Å². The van der Waals surface area contributed by atoms with Gasteiger partial charge in [-0.2, -0.15) is 0 Å². The summed E-state index contributed by atoms with van der Waals surface area (Å²) in [7, 11) is 0. The third kappa shape index (κ3) is 3.12. The summed E-state index contributed by atoms with van der Waals surface area (Å²) in [5.41, 5.74) is 12.9. The van der Waals surface area contributed by atoms with Crippen molar-refractivity contribution in [1.29, 1.82) is 0 Å². The van der Waals surface area contributed by atoms with Crippen LogP contribution in [0.3, 0.4) is 0 Å². The van der Waals surface area contributed by atoms with Gasteiger partial charge in [0.1, 0.15) is 0 Å². The Balaban J connectivity index is 1.82. The van der Waals surface area contributed by atoms with Crippen molar-refractivity contribution < 1.29 is 19.2 Å². The van der Waals surface area contributed by atoms with Crippen molar-refractivity contribution in [3.8, 4) is 0 Å². The molecule has 0 heterocycles. The van der Waals surface area contributed by atoms with E-state index < -0.39 is 23.1 Å². The highest BCUT2D eigenvalue weighted by molar-refractivity contribution is 6.34. The van der Waals surface area contributed by atoms with Gasteiger partial charge in [0.15, 0.2) is 23.1 Å². The van der Waals surface area contributed by atoms with Crippen LogP contribution in [0.1, 0.15) is 63.7 Å². The quantitative estimate of drug-likeness (QED) is 0.317. The highest BCUT2D eigenvalue weighted by Crippen LogP contribution is 2.38. The lowest BCUT2D eigenvalue weighted by Crippen LogP contribution is -2.27. The minimum Gasteiger partial charge on any atom is -0.398 e. The Morgan fingerprint density at radius 2 is 1.15 bits per heavy atom. The largest absolute Gasteiger partial charge is 0.398 e. The lowest BCUT2D eigenvalue weighted by atomic mass is 9.78. The van der Waals surface area contributed by atoms with Gasteiger partial charge in [0, 0.05) is 33.5 Å². The fourth-order valence-electron chi connectivity index (χ4n) is 4.31. The van der Waals surface area contributed by atoms with Crippen LogP contribution >= 0.6 is 0 Å². The van der Waals surface area contributed by atoms with Crippen molar-refractivity contribution in [3.05, 3.63) is 129 Å². The van der Waals surface area contributed by atoms with Crippen molar-refractivity contribution in [2.24, 2.45) is 0 Å². The Hall–Kier alpha value is -4.84. The SMILES string of the molecule is Nc1cccc2c1C(=O)c1cc(C(=O)c3ccccc3)c(C(=O)c3ccccc3)c(N)c1C2=O. The van der Waals surface area contributed by atoms with Crippen LogP contribution in [0.5, 0.6) is 0 Å². The molecule has 6 nitrogen and oxygen atoms in total. The molecule has 0 saturated heterocycles. The molecule has 0 atom stereocenters. The van der Waals surface area contributed by atoms with Crippen LogP contribution in [-0.4, -0.2) is 23.1 Å². The molecular weight excluding hydrogens is 428 g/mol. The van der Waals surface area contributed by atoms with Gasteiger partial charge in [-0.25, -0.2) is 0 Å². The summed E-state index contributed by atoms with van der Waals surface area (Å²) in [5, 5.41) is 0. The first-order valence-electron chi connectivity index (χ1n) is 10.5. The van der Waals surface area contributed by atoms with Crippen molar-refractivity contribution in [1.82, 2.24) is 0 Å². The number of rotatable bonds is 4. The molecule has 34 heavy (non-hydrogen) atoms. The molecule has 0 aromatic heterocycles. The molecular formula is C28H18N2O4. The number of anilines is 2. The van der Waals surface area contributed by atoms with Gasteiger partial charge in [0.25, 0.3) is 0 Å². The van der Waals surface area contributed by atoms with Crippen LogP contribution in [0, 0.1) is 0 Å². The first-order chi connectivity index (χ1) is 16.4. The summed E-state index contributed by atoms with van der Waals surface area (Å²) in [4.78, 5) is 53.9. The fraction of sp³-hybridized carbons (Fsp3) is 0. The number of hydrogen-bond acceptors (Lipinski definition) is 6. The zero-order valence-electron chi connectivity index (χ0n) is 17.9. The van der Waals surface area contributed by atoms with E-state index in [-0.39, 0.29) is 44.8 Å². The Morgan fingerprint density at radius 3 is 1.76 bits per heavy atom. The monoisotopic (exact) mass is 446 g/mol. The highest BCUT2D eigenvalue weighted by Gasteiger charge is 2.37. The van der Waals surface area contributed by atoms with Gasteiger partial charge in [-0.15, -0.1) is 0 Å². The summed E-state index contributed by atoms with van der Waals surface area (Å²) < 4.78 is 0. The second-order valence-corrected chi connectivity index (χ2v) is 7.95. The summed E-state index contributed by atoms with van der Waals surface area (Å²) in [6.07, 6.45) is 0. The summed E-state index contributed by atoms with van der Waals surface area (Å²) in [6.45, 7) is 0. The number of carbonyl (C=O) groups is 4. The van der Waals surface area contributed by atoms with Gasteiger partial charge >= 0.3 is 0 Å². The lowest BCUT2D eigenvalue weighted by Gasteiger charge is -2.23. The average Bonchev–Trinajstić information content (AvgIpc) is 2.87. The van der Waals surface area contributed by atoms with Crippen LogP contribution in [0.25, 0.3) is 0 Å². The minimum absolute atomic E-state index is 0.0446. The fourth-order valence-corrected chi connectivity index (χ4v) is 4.31. The maximum atomic E-state index is 13.5. The number of nitrogen functional groups attached to an aromatic ring is 2. The summed E-state index contributed by atoms with van der Waals surface area (Å²) >= 11 is 0. The van der Waals surface area contributed by atoms with Gasteiger partial charge in [-0.3, -0.25) is 19.2 Å². The van der Waals surface area contributed by atoms with Gasteiger partial charge in [-0.05, 0) is 12.1 Å². The van der Waals surface area contributed by atoms with E-state index >= 15 is 0 Å². The molecule has 0 saturated carbocycles. The molecule has 0 fully saturated rings. The molecule has 0 radical (unpaired) electrons. The molecule has 0 spiro atoms. The Morgan fingerprint density at radius 1 is 0.588 bits per heavy atom. The first-order valence-corrected chi connectivity index (χ1v) is 10.5. The smallest absolute Gasteiger partial charge is 0.196 e. The van der Waals surface area contributed by atoms with Gasteiger partial charge in [0.05, 0.1) is 22.4 Å². The van der Waals surface area contributed by atoms with E-state index in [4.69, 9.17) is 11.5 Å². The molecule has 0 amide bonds. The topological polar surface area (TPSA) is 120 Å². The Kier molecular flexibility index (Phi) is 4.91. The predicted molar refractivity (Wildman–Crippen MR) is 128 cm³/mol. The number of fused-ring (bicyclic) bond motifs is 2. The van der Waals surface area contributed by atoms with E-state index in [1.807, 2.05) is 0 Å². The van der Waals surface area contributed by atoms with Gasteiger partial charge in [-0.1, -0.05) is 72.8 Å². The van der Waals surface area contributed by atoms with Crippen LogP contribution in [0.2, 0.25) is 0 Å². The third-order valence-corrected chi connectivity index (χ3v) is 5.95. The maximum Gasteiger partial charge on any atom is 0.196 e. The van der Waals surface area contributed by atoms with Crippen molar-refractivity contribution in [2.75, 3.05) is 11.5 Å². The highest BCUT2D eigenvalue weighted by atomic mass is 16.1. The molecule has 164 valence electrons. The summed E-state index contributed by atoms with van der Waals surface area (Å²) in [5.74, 6) is -2.04. The van der Waals surface area contributed by atoms with E-state index in [2.05, 4.69) is 0 Å². The van der Waals surface area contributed by atoms with E-state index in [0.717, 1.165) is 0 Å². The molecule has 4 N–H and O–H groups in total. The molecule has 5 rings (SSSR count). The maximum absolute atomic E-state index is 13.5. The third-order valence-electron chi connectivity index (χ3n) is 5.95. The van der Waals surface area contributed by atoms with Crippen molar-refractivity contribution >= 4 is 34.5 Å². The predicted octanol–water partition coefficient (Wildman–Crippen LogP) is 4.09. The van der Waals surface area contributed by atoms with E-state index in [0.29, 0.717) is 11.1 Å². The number of hydrogen-bond donors (Lipinski definition) is 2. The minimum atomic E-state index is -0.518. The number of carbonyl (C=O) groups excluding carboxylic acids is 4. The second-order valence-electron chi connectivity index (χ2n) is 7.95. The number of nitrogens with two attached hydrogens (primary N) is 2. The molecule has 1 aliphatic carbocycles. The van der Waals surface area contributed by atoms with E-state index in [1.165, 1.54) is 18.2 Å². The average molecular weight is 446 g/mol. The molecule has 6 heteroatoms. The molecule has 4 aromatic carbocycles. The van der Waals surface area contributed by atoms with Crippen LogP contribution in [0.4, 0.5) is 11.4 Å². The number of ketones is 4. The molecule has 0 bridgehead atoms. The van der Waals surface area contributed by atoms with Crippen molar-refractivity contribution in [2.45, 2.75) is 0 Å². The van der Waals surface area contributed by atoms with Gasteiger partial charge in [0.2, 0.25) is 0 Å². The van der Waals surface area contributed by atoms with E-state index in [1.54, 1.807) is 66.7 Å². The Bertz CT molecular complexity index is 1520. The normalized spacial score (nSPS) is 12.1. The lowest BCUT2D eigenvalue weighted by molar-refractivity contribution is 0.0977.